The molecule has 0 unspecified atom stereocenters. The monoisotopic (exact) mass is 411 g/mol. The van der Waals surface area contributed by atoms with E-state index in [4.69, 9.17) is 14.7 Å². The van der Waals surface area contributed by atoms with Crippen molar-refractivity contribution in [1.82, 2.24) is 9.55 Å². The van der Waals surface area contributed by atoms with Crippen molar-refractivity contribution in [2.45, 2.75) is 13.5 Å². The van der Waals surface area contributed by atoms with Gasteiger partial charge < -0.3 is 14.0 Å². The van der Waals surface area contributed by atoms with Crippen LogP contribution in [0.1, 0.15) is 18.3 Å². The fourth-order valence-electron chi connectivity index (χ4n) is 2.77. The van der Waals surface area contributed by atoms with Crippen molar-refractivity contribution in [1.29, 1.82) is 5.26 Å². The van der Waals surface area contributed by atoms with E-state index >= 15 is 0 Å². The number of imidazole rings is 1. The Morgan fingerprint density at radius 3 is 2.81 bits per heavy atom. The molecule has 0 atom stereocenters. The Hall–Kier alpha value is -2.78. The van der Waals surface area contributed by atoms with Gasteiger partial charge in [0.15, 0.2) is 11.5 Å². The van der Waals surface area contributed by atoms with Gasteiger partial charge in [-0.15, -0.1) is 0 Å². The van der Waals surface area contributed by atoms with E-state index in [0.29, 0.717) is 18.1 Å². The normalized spacial score (nSPS) is 11.0. The summed E-state index contributed by atoms with van der Waals surface area (Å²) >= 11 is 3.52. The van der Waals surface area contributed by atoms with Gasteiger partial charge in [-0.1, -0.05) is 18.2 Å². The molecule has 0 N–H and O–H groups in total. The highest BCUT2D eigenvalue weighted by molar-refractivity contribution is 9.10. The minimum atomic E-state index is 0.247. The second-order valence-corrected chi connectivity index (χ2v) is 6.36. The van der Waals surface area contributed by atoms with Crippen LogP contribution < -0.4 is 9.47 Å². The van der Waals surface area contributed by atoms with Crippen molar-refractivity contribution in [2.24, 2.45) is 0 Å². The van der Waals surface area contributed by atoms with Gasteiger partial charge in [-0.3, -0.25) is 0 Å². The largest absolute Gasteiger partial charge is 0.492 e. The molecule has 0 aliphatic heterocycles. The summed E-state index contributed by atoms with van der Waals surface area (Å²) in [6, 6.07) is 13.9. The molecule has 3 aromatic rings. The topological polar surface area (TPSA) is 60.1 Å². The van der Waals surface area contributed by atoms with E-state index in [1.807, 2.05) is 60.0 Å². The number of nitriles is 1. The number of aromatic nitrogens is 2. The molecule has 0 radical (unpaired) electrons. The molecule has 0 spiro atoms. The van der Waals surface area contributed by atoms with Crippen molar-refractivity contribution in [2.75, 3.05) is 13.7 Å². The zero-order valence-corrected chi connectivity index (χ0v) is 16.2. The maximum atomic E-state index is 9.14. The van der Waals surface area contributed by atoms with Gasteiger partial charge >= 0.3 is 0 Å². The maximum Gasteiger partial charge on any atom is 0.174 e. The fraction of sp³-hybridized carbons (Fsp3) is 0.200. The quantitative estimate of drug-likeness (QED) is 0.578. The number of para-hydroxylation sites is 2. The zero-order valence-electron chi connectivity index (χ0n) is 14.6. The van der Waals surface area contributed by atoms with Crippen LogP contribution in [0.15, 0.2) is 40.9 Å². The first-order valence-electron chi connectivity index (χ1n) is 8.18. The Balaban J connectivity index is 2.01. The molecule has 6 heteroatoms. The molecule has 2 aromatic carbocycles. The minimum Gasteiger partial charge on any atom is -0.492 e. The lowest BCUT2D eigenvalue weighted by Gasteiger charge is -2.12. The number of benzene rings is 2. The summed E-state index contributed by atoms with van der Waals surface area (Å²) in [5.41, 5.74) is 2.75. The van der Waals surface area contributed by atoms with Crippen LogP contribution in [0.4, 0.5) is 0 Å². The second-order valence-electron chi connectivity index (χ2n) is 5.50. The molecule has 0 amide bonds. The number of rotatable bonds is 6. The number of fused-ring (bicyclic) bond motifs is 1. The highest BCUT2D eigenvalue weighted by Gasteiger charge is 2.11. The third kappa shape index (κ3) is 3.58. The fourth-order valence-corrected chi connectivity index (χ4v) is 3.40. The Bertz CT molecular complexity index is 1000. The molecule has 132 valence electrons. The zero-order chi connectivity index (χ0) is 18.5. The maximum absolute atomic E-state index is 9.14. The van der Waals surface area contributed by atoms with E-state index in [2.05, 4.69) is 27.0 Å². The van der Waals surface area contributed by atoms with E-state index in [1.165, 1.54) is 0 Å². The number of halogens is 1. The van der Waals surface area contributed by atoms with Crippen LogP contribution in [0.2, 0.25) is 0 Å². The van der Waals surface area contributed by atoms with Gasteiger partial charge in [0.1, 0.15) is 12.4 Å². The van der Waals surface area contributed by atoms with Crippen LogP contribution in [-0.4, -0.2) is 23.3 Å². The minimum absolute atomic E-state index is 0.247. The lowest BCUT2D eigenvalue weighted by molar-refractivity contribution is 0.310. The smallest absolute Gasteiger partial charge is 0.174 e. The summed E-state index contributed by atoms with van der Waals surface area (Å²) in [6.07, 6.45) is 3.85. The number of ether oxygens (including phenoxy) is 2. The Kier molecular flexibility index (Phi) is 5.59. The van der Waals surface area contributed by atoms with Gasteiger partial charge in [0.25, 0.3) is 0 Å². The highest BCUT2D eigenvalue weighted by atomic mass is 79.9. The molecule has 5 nitrogen and oxygen atoms in total. The Labute approximate surface area is 160 Å². The Morgan fingerprint density at radius 2 is 2.08 bits per heavy atom. The molecule has 0 saturated heterocycles. The van der Waals surface area contributed by atoms with Crippen molar-refractivity contribution < 1.29 is 9.47 Å². The van der Waals surface area contributed by atoms with Crippen LogP contribution in [0, 0.1) is 11.3 Å². The summed E-state index contributed by atoms with van der Waals surface area (Å²) in [4.78, 5) is 4.62. The van der Waals surface area contributed by atoms with Crippen molar-refractivity contribution in [3.8, 4) is 17.6 Å². The summed E-state index contributed by atoms with van der Waals surface area (Å²) in [7, 11) is 1.61. The van der Waals surface area contributed by atoms with Gasteiger partial charge in [0.05, 0.1) is 35.3 Å². The number of methoxy groups -OCH3 is 1. The third-order valence-corrected chi connectivity index (χ3v) is 4.46. The molecule has 1 aromatic heterocycles. The van der Waals surface area contributed by atoms with Gasteiger partial charge in [-0.05, 0) is 58.8 Å². The predicted molar refractivity (Wildman–Crippen MR) is 106 cm³/mol. The van der Waals surface area contributed by atoms with Crippen LogP contribution >= 0.6 is 15.9 Å². The summed E-state index contributed by atoms with van der Waals surface area (Å²) in [6.45, 7) is 2.73. The number of hydrogen-bond acceptors (Lipinski definition) is 4. The first-order chi connectivity index (χ1) is 12.7. The SMILES string of the molecule is CCOc1cc(/C=C/c2nc3ccccc3n2CC#N)cc(Br)c1OC. The van der Waals surface area contributed by atoms with Gasteiger partial charge in [-0.25, -0.2) is 4.98 Å². The van der Waals surface area contributed by atoms with E-state index in [9.17, 15) is 0 Å². The van der Waals surface area contributed by atoms with Crippen LogP contribution in [0.3, 0.4) is 0 Å². The van der Waals surface area contributed by atoms with Gasteiger partial charge in [0, 0.05) is 0 Å². The van der Waals surface area contributed by atoms with Crippen LogP contribution in [0.25, 0.3) is 23.2 Å². The second kappa shape index (κ2) is 8.07. The van der Waals surface area contributed by atoms with E-state index in [0.717, 1.165) is 26.9 Å². The molecule has 0 fully saturated rings. The molecule has 0 bridgehead atoms. The molecule has 0 aliphatic rings. The van der Waals surface area contributed by atoms with Gasteiger partial charge in [0.2, 0.25) is 0 Å². The molecule has 0 aliphatic carbocycles. The van der Waals surface area contributed by atoms with Crippen molar-refractivity contribution in [3.63, 3.8) is 0 Å². The lowest BCUT2D eigenvalue weighted by Crippen LogP contribution is -1.98. The summed E-state index contributed by atoms with van der Waals surface area (Å²) in [5.74, 6) is 2.08. The standard InChI is InChI=1S/C20H18BrN3O2/c1-3-26-18-13-14(12-15(21)20(18)25-2)8-9-19-23-16-6-4-5-7-17(16)24(19)11-10-22/h4-9,12-13H,3,11H2,1-2H3/b9-8+. The van der Waals surface area contributed by atoms with Crippen molar-refractivity contribution in [3.05, 3.63) is 52.3 Å². The van der Waals surface area contributed by atoms with E-state index in [1.54, 1.807) is 7.11 Å². The molecular formula is C20H18BrN3O2. The molecular weight excluding hydrogens is 394 g/mol. The third-order valence-electron chi connectivity index (χ3n) is 3.87. The predicted octanol–water partition coefficient (Wildman–Crippen LogP) is 4.90. The number of nitrogens with zero attached hydrogens (tertiary/aromatic N) is 3. The van der Waals surface area contributed by atoms with E-state index in [-0.39, 0.29) is 6.54 Å². The molecule has 1 heterocycles. The molecule has 3 rings (SSSR count). The first-order valence-corrected chi connectivity index (χ1v) is 8.97. The van der Waals surface area contributed by atoms with Crippen molar-refractivity contribution >= 4 is 39.1 Å². The molecule has 0 saturated carbocycles. The average Bonchev–Trinajstić information content (AvgIpc) is 2.98. The number of hydrogen-bond donors (Lipinski definition) is 0. The molecule has 26 heavy (non-hydrogen) atoms. The summed E-state index contributed by atoms with van der Waals surface area (Å²) < 4.78 is 13.8. The summed E-state index contributed by atoms with van der Waals surface area (Å²) in [5, 5.41) is 9.14. The van der Waals surface area contributed by atoms with Crippen LogP contribution in [0.5, 0.6) is 11.5 Å². The Morgan fingerprint density at radius 1 is 1.27 bits per heavy atom. The van der Waals surface area contributed by atoms with Gasteiger partial charge in [-0.2, -0.15) is 5.26 Å². The lowest BCUT2D eigenvalue weighted by atomic mass is 10.2. The first kappa shape index (κ1) is 18.0. The highest BCUT2D eigenvalue weighted by Crippen LogP contribution is 2.37. The van der Waals surface area contributed by atoms with Crippen LogP contribution in [-0.2, 0) is 6.54 Å². The van der Waals surface area contributed by atoms with E-state index < -0.39 is 0 Å². The average molecular weight is 412 g/mol.